The molecule has 0 aliphatic carbocycles. The highest BCUT2D eigenvalue weighted by Crippen LogP contribution is 2.52. The summed E-state index contributed by atoms with van der Waals surface area (Å²) in [6.07, 6.45) is 0. The van der Waals surface area contributed by atoms with Gasteiger partial charge in [-0.3, -0.25) is 0 Å². The third-order valence-corrected chi connectivity index (χ3v) is 17.5. The van der Waals surface area contributed by atoms with Crippen molar-refractivity contribution in [1.29, 1.82) is 0 Å². The largest absolute Gasteiger partial charge is 0.311 e. The van der Waals surface area contributed by atoms with Crippen molar-refractivity contribution in [3.63, 3.8) is 0 Å². The highest BCUT2D eigenvalue weighted by atomic mass is 15.2. The first kappa shape index (κ1) is 50.7. The number of fused-ring (bicyclic) bond motifs is 11. The molecule has 2 aliphatic heterocycles. The van der Waals surface area contributed by atoms with Crippen molar-refractivity contribution in [3.05, 3.63) is 222 Å². The summed E-state index contributed by atoms with van der Waals surface area (Å²) in [7, 11) is 0. The average molecular weight is 1050 g/mol. The standard InChI is InChI=1S/C76H69BN4/c1-73(2,3)54-40-55(74(4,5)6)43-58(42-54)80-66-38-53(69-60-28-20-21-29-65(60)78-72(79-69)46-22-14-13-15-23-46)39-67-68(66)77(63-32-30-51-34-47-24-16-18-26-49(47)36-61(51)70(63)80)64-33-31-52-35-48-25-17-19-27-50(48)37-62(52)71(64)81(67)59-44-56(75(7,8)9)41-57(45-59)76(10,11)12/h13-45H,1-12H3. The number of hydrogen-bond acceptors (Lipinski definition) is 4. The lowest BCUT2D eigenvalue weighted by atomic mass is 9.33. The van der Waals surface area contributed by atoms with E-state index >= 15 is 0 Å². The van der Waals surface area contributed by atoms with Crippen molar-refractivity contribution in [3.8, 4) is 22.6 Å². The summed E-state index contributed by atoms with van der Waals surface area (Å²) in [4.78, 5) is 16.3. The predicted octanol–water partition coefficient (Wildman–Crippen LogP) is 18.8. The second kappa shape index (κ2) is 18.0. The molecule has 0 atom stereocenters. The van der Waals surface area contributed by atoms with Crippen LogP contribution in [0.25, 0.3) is 76.6 Å². The summed E-state index contributed by atoms with van der Waals surface area (Å²) in [6, 6.07) is 76.0. The van der Waals surface area contributed by atoms with Crippen LogP contribution in [0.5, 0.6) is 0 Å². The molecule has 4 nitrogen and oxygen atoms in total. The summed E-state index contributed by atoms with van der Waals surface area (Å²) in [5.74, 6) is 0.703. The molecule has 1 aromatic heterocycles. The van der Waals surface area contributed by atoms with Gasteiger partial charge in [0.25, 0.3) is 6.71 Å². The van der Waals surface area contributed by atoms with E-state index in [2.05, 4.69) is 293 Å². The fourth-order valence-electron chi connectivity index (χ4n) is 12.9. The molecule has 12 aromatic rings. The van der Waals surface area contributed by atoms with Crippen LogP contribution in [0.3, 0.4) is 0 Å². The Hall–Kier alpha value is -8.54. The first-order valence-corrected chi connectivity index (χ1v) is 29.0. The molecular weight excluding hydrogens is 980 g/mol. The number of benzene rings is 11. The van der Waals surface area contributed by atoms with Gasteiger partial charge >= 0.3 is 0 Å². The van der Waals surface area contributed by atoms with Crippen LogP contribution in [0.15, 0.2) is 200 Å². The number of rotatable bonds is 4. The highest BCUT2D eigenvalue weighted by Gasteiger charge is 2.46. The Morgan fingerprint density at radius 2 is 0.741 bits per heavy atom. The van der Waals surface area contributed by atoms with Crippen molar-refractivity contribution in [2.75, 3.05) is 9.80 Å². The molecule has 0 saturated carbocycles. The lowest BCUT2D eigenvalue weighted by molar-refractivity contribution is 0.568. The van der Waals surface area contributed by atoms with Crippen LogP contribution in [0, 0.1) is 0 Å². The molecule has 396 valence electrons. The Labute approximate surface area is 478 Å². The number of anilines is 6. The number of nitrogens with zero attached hydrogens (tertiary/aromatic N) is 4. The van der Waals surface area contributed by atoms with E-state index < -0.39 is 0 Å². The highest BCUT2D eigenvalue weighted by molar-refractivity contribution is 7.00. The SMILES string of the molecule is CC(C)(C)c1cc(N2c3cc(-c4nc(-c5ccccc5)nc5ccccc45)cc4c3B(c3ccc5cc6ccccc6cc5c32)c2ccc3cc5ccccc5cc3c2N4c2cc(C(C)(C)C)cc(C(C)(C)C)c2)cc(C(C)(C)C)c1. The van der Waals surface area contributed by atoms with Gasteiger partial charge in [0.15, 0.2) is 5.82 Å². The second-order valence-electron chi connectivity index (χ2n) is 27.2. The van der Waals surface area contributed by atoms with Crippen LogP contribution >= 0.6 is 0 Å². The molecule has 0 amide bonds. The molecule has 0 unspecified atom stereocenters. The van der Waals surface area contributed by atoms with Gasteiger partial charge in [-0.1, -0.05) is 217 Å². The Morgan fingerprint density at radius 1 is 0.333 bits per heavy atom. The Morgan fingerprint density at radius 3 is 1.19 bits per heavy atom. The number of aromatic nitrogens is 2. The van der Waals surface area contributed by atoms with Crippen LogP contribution in [0.2, 0.25) is 0 Å². The normalized spacial score (nSPS) is 13.6. The summed E-state index contributed by atoms with van der Waals surface area (Å²) >= 11 is 0. The maximum Gasteiger partial charge on any atom is 0.252 e. The molecular formula is C76H69BN4. The van der Waals surface area contributed by atoms with Gasteiger partial charge in [-0.05, 0) is 159 Å². The van der Waals surface area contributed by atoms with Gasteiger partial charge in [0, 0.05) is 61.4 Å². The minimum Gasteiger partial charge on any atom is -0.311 e. The van der Waals surface area contributed by atoms with Gasteiger partial charge in [0.05, 0.1) is 11.2 Å². The van der Waals surface area contributed by atoms with Crippen LogP contribution < -0.4 is 26.2 Å². The van der Waals surface area contributed by atoms with E-state index in [0.717, 1.165) is 50.5 Å². The van der Waals surface area contributed by atoms with E-state index in [-0.39, 0.29) is 28.4 Å². The first-order valence-electron chi connectivity index (χ1n) is 29.0. The van der Waals surface area contributed by atoms with Crippen molar-refractivity contribution in [2.45, 2.75) is 105 Å². The van der Waals surface area contributed by atoms with E-state index in [0.29, 0.717) is 5.82 Å². The van der Waals surface area contributed by atoms with E-state index in [1.165, 1.54) is 93.1 Å². The third-order valence-electron chi connectivity index (χ3n) is 17.5. The molecule has 14 rings (SSSR count). The van der Waals surface area contributed by atoms with Gasteiger partial charge in [0.1, 0.15) is 0 Å². The fraction of sp³-hybridized carbons (Fsp3) is 0.211. The molecule has 0 N–H and O–H groups in total. The minimum absolute atomic E-state index is 0.134. The van der Waals surface area contributed by atoms with Gasteiger partial charge in [0.2, 0.25) is 0 Å². The second-order valence-corrected chi connectivity index (χ2v) is 27.2. The van der Waals surface area contributed by atoms with Gasteiger partial charge in [-0.15, -0.1) is 0 Å². The zero-order chi connectivity index (χ0) is 56.1. The molecule has 0 bridgehead atoms. The molecule has 0 fully saturated rings. The molecule has 0 radical (unpaired) electrons. The van der Waals surface area contributed by atoms with Crippen molar-refractivity contribution in [1.82, 2.24) is 9.97 Å². The zero-order valence-electron chi connectivity index (χ0n) is 48.9. The van der Waals surface area contributed by atoms with Crippen molar-refractivity contribution < 1.29 is 0 Å². The molecule has 5 heteroatoms. The first-order chi connectivity index (χ1) is 38.7. The average Bonchev–Trinajstić information content (AvgIpc) is 1.78. The predicted molar refractivity (Wildman–Crippen MR) is 349 cm³/mol. The fourth-order valence-corrected chi connectivity index (χ4v) is 12.9. The number of para-hydroxylation sites is 1. The molecule has 2 aliphatic rings. The summed E-state index contributed by atoms with van der Waals surface area (Å²) in [6.45, 7) is 28.1. The Bertz CT molecular complexity index is 4290. The van der Waals surface area contributed by atoms with Gasteiger partial charge in [-0.25, -0.2) is 9.97 Å². The molecule has 3 heterocycles. The lowest BCUT2D eigenvalue weighted by Crippen LogP contribution is -2.61. The Kier molecular flexibility index (Phi) is 11.3. The van der Waals surface area contributed by atoms with Gasteiger partial charge in [-0.2, -0.15) is 0 Å². The van der Waals surface area contributed by atoms with Crippen LogP contribution in [-0.2, 0) is 21.7 Å². The summed E-state index contributed by atoms with van der Waals surface area (Å²) < 4.78 is 0. The zero-order valence-corrected chi connectivity index (χ0v) is 48.9. The quantitative estimate of drug-likeness (QED) is 0.130. The van der Waals surface area contributed by atoms with Crippen LogP contribution in [-0.4, -0.2) is 16.7 Å². The van der Waals surface area contributed by atoms with E-state index in [1.807, 2.05) is 0 Å². The summed E-state index contributed by atoms with van der Waals surface area (Å²) in [5.41, 5.74) is 19.4. The van der Waals surface area contributed by atoms with E-state index in [9.17, 15) is 0 Å². The molecule has 0 saturated heterocycles. The van der Waals surface area contributed by atoms with E-state index in [1.54, 1.807) is 0 Å². The van der Waals surface area contributed by atoms with Crippen molar-refractivity contribution in [2.24, 2.45) is 0 Å². The van der Waals surface area contributed by atoms with Crippen LogP contribution in [0.4, 0.5) is 34.1 Å². The maximum atomic E-state index is 5.69. The molecule has 81 heavy (non-hydrogen) atoms. The Balaban J connectivity index is 1.21. The lowest BCUT2D eigenvalue weighted by Gasteiger charge is -2.46. The maximum absolute atomic E-state index is 5.69. The minimum atomic E-state index is -0.143. The smallest absolute Gasteiger partial charge is 0.252 e. The monoisotopic (exact) mass is 1050 g/mol. The third kappa shape index (κ3) is 8.41. The number of hydrogen-bond donors (Lipinski definition) is 0. The molecule has 0 spiro atoms. The van der Waals surface area contributed by atoms with Gasteiger partial charge < -0.3 is 9.80 Å². The molecule has 11 aromatic carbocycles. The van der Waals surface area contributed by atoms with E-state index in [4.69, 9.17) is 9.97 Å². The van der Waals surface area contributed by atoms with Crippen molar-refractivity contribution >= 4 is 111 Å². The topological polar surface area (TPSA) is 32.3 Å². The van der Waals surface area contributed by atoms with Crippen LogP contribution in [0.1, 0.15) is 105 Å². The summed E-state index contributed by atoms with van der Waals surface area (Å²) in [5, 5.41) is 10.8.